The summed E-state index contributed by atoms with van der Waals surface area (Å²) in [5, 5.41) is 6.94. The van der Waals surface area contributed by atoms with E-state index in [0.717, 1.165) is 48.2 Å². The van der Waals surface area contributed by atoms with Gasteiger partial charge in [-0.25, -0.2) is 4.39 Å². The molecule has 2 saturated carbocycles. The molecule has 4 aliphatic rings. The maximum Gasteiger partial charge on any atom is 0.256 e. The summed E-state index contributed by atoms with van der Waals surface area (Å²) < 4.78 is 15.6. The van der Waals surface area contributed by atoms with Gasteiger partial charge in [-0.3, -0.25) is 24.6 Å². The van der Waals surface area contributed by atoms with E-state index in [2.05, 4.69) is 10.2 Å². The molecule has 0 unspecified atom stereocenters. The van der Waals surface area contributed by atoms with Gasteiger partial charge in [-0.15, -0.1) is 0 Å². The van der Waals surface area contributed by atoms with Gasteiger partial charge < -0.3 is 4.90 Å². The van der Waals surface area contributed by atoms with Crippen molar-refractivity contribution in [3.05, 3.63) is 66.1 Å². The van der Waals surface area contributed by atoms with Crippen LogP contribution in [0.15, 0.2) is 59.7 Å². The van der Waals surface area contributed by atoms with Crippen LogP contribution >= 0.6 is 0 Å². The molecule has 194 valence electrons. The number of halogens is 1. The average molecular weight is 512 g/mol. The van der Waals surface area contributed by atoms with Crippen LogP contribution in [0.1, 0.15) is 44.6 Å². The second-order valence-electron chi connectivity index (χ2n) is 11.6. The van der Waals surface area contributed by atoms with Crippen LogP contribution in [0, 0.1) is 17.2 Å². The molecule has 1 saturated heterocycles. The first-order valence-electron chi connectivity index (χ1n) is 13.5. The van der Waals surface area contributed by atoms with E-state index in [4.69, 9.17) is 4.99 Å². The number of hydrogen-bond donors (Lipinski definition) is 1. The Labute approximate surface area is 220 Å². The summed E-state index contributed by atoms with van der Waals surface area (Å²) in [5.74, 6) is 0.424. The number of benzene rings is 2. The normalized spacial score (nSPS) is 22.7. The SMILES string of the molecule is CC1(C(=O)N2CC[C@@H](CN3C(=O)C4(CC4)N=C3c3ccc(-c4ccc(-c5ccn[nH]5)cc4)cc3F)C2)CC1. The van der Waals surface area contributed by atoms with Gasteiger partial charge in [0.2, 0.25) is 5.91 Å². The van der Waals surface area contributed by atoms with E-state index in [1.807, 2.05) is 48.2 Å². The largest absolute Gasteiger partial charge is 0.342 e. The lowest BCUT2D eigenvalue weighted by Crippen LogP contribution is -2.41. The van der Waals surface area contributed by atoms with Gasteiger partial charge in [-0.1, -0.05) is 37.3 Å². The number of carbonyl (C=O) groups excluding carboxylic acids is 2. The first-order valence-corrected chi connectivity index (χ1v) is 13.5. The van der Waals surface area contributed by atoms with Crippen molar-refractivity contribution >= 4 is 17.6 Å². The Morgan fingerprint density at radius 1 is 1.05 bits per heavy atom. The predicted octanol–water partition coefficient (Wildman–Crippen LogP) is 4.65. The van der Waals surface area contributed by atoms with Crippen LogP contribution in [0.2, 0.25) is 0 Å². The molecule has 0 radical (unpaired) electrons. The molecule has 2 amide bonds. The van der Waals surface area contributed by atoms with E-state index in [1.165, 1.54) is 6.07 Å². The van der Waals surface area contributed by atoms with Gasteiger partial charge in [0, 0.05) is 31.2 Å². The fourth-order valence-corrected chi connectivity index (χ4v) is 5.82. The maximum atomic E-state index is 15.6. The Hall–Kier alpha value is -3.81. The summed E-state index contributed by atoms with van der Waals surface area (Å²) in [7, 11) is 0. The molecule has 7 rings (SSSR count). The van der Waals surface area contributed by atoms with Crippen molar-refractivity contribution in [1.29, 1.82) is 0 Å². The highest BCUT2D eigenvalue weighted by atomic mass is 19.1. The standard InChI is InChI=1S/C30H30FN5O2/c1-29(10-11-29)27(37)35-15-9-19(17-35)18-36-26(33-30(12-13-30)28(36)38)23-7-6-22(16-24(23)31)20-2-4-21(5-3-20)25-8-14-32-34-25/h2-8,14,16,19H,9-13,15,17-18H2,1H3,(H,32,34)/t19-/m1/s1. The number of nitrogens with one attached hydrogen (secondary N) is 1. The molecule has 3 aromatic rings. The van der Waals surface area contributed by atoms with Crippen LogP contribution in [0.5, 0.6) is 0 Å². The third-order valence-corrected chi connectivity index (χ3v) is 8.71. The number of rotatable bonds is 6. The predicted molar refractivity (Wildman–Crippen MR) is 142 cm³/mol. The molecule has 3 heterocycles. The summed E-state index contributed by atoms with van der Waals surface area (Å²) >= 11 is 0. The first-order chi connectivity index (χ1) is 18.4. The molecule has 0 bridgehead atoms. The maximum absolute atomic E-state index is 15.6. The van der Waals surface area contributed by atoms with Gasteiger partial charge in [0.1, 0.15) is 17.2 Å². The molecule has 2 aromatic carbocycles. The molecule has 3 fully saturated rings. The van der Waals surface area contributed by atoms with E-state index in [-0.39, 0.29) is 29.0 Å². The molecule has 7 nitrogen and oxygen atoms in total. The van der Waals surface area contributed by atoms with Crippen molar-refractivity contribution in [3.8, 4) is 22.4 Å². The Balaban J connectivity index is 1.11. The third-order valence-electron chi connectivity index (χ3n) is 8.71. The van der Waals surface area contributed by atoms with Crippen molar-refractivity contribution in [2.24, 2.45) is 16.3 Å². The molecular weight excluding hydrogens is 481 g/mol. The summed E-state index contributed by atoms with van der Waals surface area (Å²) in [4.78, 5) is 34.6. The van der Waals surface area contributed by atoms with Crippen LogP contribution in [0.25, 0.3) is 22.4 Å². The molecule has 38 heavy (non-hydrogen) atoms. The lowest BCUT2D eigenvalue weighted by Gasteiger charge is -2.24. The van der Waals surface area contributed by atoms with E-state index >= 15 is 4.39 Å². The second-order valence-corrected chi connectivity index (χ2v) is 11.6. The Bertz CT molecular complexity index is 1450. The fraction of sp³-hybridized carbons (Fsp3) is 0.400. The minimum absolute atomic E-state index is 0.0238. The number of carbonyl (C=O) groups is 2. The summed E-state index contributed by atoms with van der Waals surface area (Å²) in [6.45, 7) is 3.88. The molecule has 8 heteroatoms. The number of likely N-dealkylation sites (tertiary alicyclic amines) is 1. The number of H-pyrrole nitrogens is 1. The molecule has 1 N–H and O–H groups in total. The van der Waals surface area contributed by atoms with E-state index in [1.54, 1.807) is 17.2 Å². The Kier molecular flexibility index (Phi) is 5.12. The number of hydrogen-bond acceptors (Lipinski definition) is 4. The van der Waals surface area contributed by atoms with Crippen LogP contribution in [0.4, 0.5) is 4.39 Å². The summed E-state index contributed by atoms with van der Waals surface area (Å²) in [5.41, 5.74) is 3.05. The van der Waals surface area contributed by atoms with Crippen LogP contribution < -0.4 is 0 Å². The number of nitrogens with zero attached hydrogens (tertiary/aromatic N) is 4. The minimum atomic E-state index is -0.710. The molecule has 1 aromatic heterocycles. The molecule has 2 aliphatic carbocycles. The number of aliphatic imine (C=N–C) groups is 1. The Morgan fingerprint density at radius 2 is 1.79 bits per heavy atom. The molecule has 2 aliphatic heterocycles. The number of aromatic nitrogens is 2. The topological polar surface area (TPSA) is 81.7 Å². The average Bonchev–Trinajstić information content (AvgIpc) is 3.68. The van der Waals surface area contributed by atoms with Gasteiger partial charge in [0.15, 0.2) is 0 Å². The monoisotopic (exact) mass is 511 g/mol. The smallest absolute Gasteiger partial charge is 0.256 e. The van der Waals surface area contributed by atoms with Crippen molar-refractivity contribution in [2.45, 2.75) is 44.6 Å². The van der Waals surface area contributed by atoms with Crippen LogP contribution in [-0.2, 0) is 9.59 Å². The highest BCUT2D eigenvalue weighted by molar-refractivity contribution is 6.16. The van der Waals surface area contributed by atoms with Gasteiger partial charge in [0.05, 0.1) is 11.3 Å². The first kappa shape index (κ1) is 23.3. The molecule has 1 atom stereocenters. The van der Waals surface area contributed by atoms with E-state index in [0.29, 0.717) is 37.3 Å². The van der Waals surface area contributed by atoms with Crippen LogP contribution in [0.3, 0.4) is 0 Å². The zero-order chi connectivity index (χ0) is 26.1. The number of amides is 2. The minimum Gasteiger partial charge on any atom is -0.342 e. The van der Waals surface area contributed by atoms with Gasteiger partial charge in [0.25, 0.3) is 5.91 Å². The van der Waals surface area contributed by atoms with Crippen molar-refractivity contribution < 1.29 is 14.0 Å². The molecule has 1 spiro atoms. The lowest BCUT2D eigenvalue weighted by atomic mass is 10.0. The second kappa shape index (κ2) is 8.35. The summed E-state index contributed by atoms with van der Waals surface area (Å²) in [6, 6.07) is 14.9. The van der Waals surface area contributed by atoms with E-state index in [9.17, 15) is 9.59 Å². The Morgan fingerprint density at radius 3 is 2.45 bits per heavy atom. The number of amidine groups is 1. The lowest BCUT2D eigenvalue weighted by molar-refractivity contribution is -0.135. The van der Waals surface area contributed by atoms with Crippen molar-refractivity contribution in [2.75, 3.05) is 19.6 Å². The van der Waals surface area contributed by atoms with Crippen molar-refractivity contribution in [1.82, 2.24) is 20.0 Å². The summed E-state index contributed by atoms with van der Waals surface area (Å²) in [6.07, 6.45) is 5.90. The zero-order valence-electron chi connectivity index (χ0n) is 21.4. The van der Waals surface area contributed by atoms with Gasteiger partial charge >= 0.3 is 0 Å². The van der Waals surface area contributed by atoms with Gasteiger partial charge in [-0.05, 0) is 72.9 Å². The molecular formula is C30H30FN5O2. The highest BCUT2D eigenvalue weighted by Crippen LogP contribution is 2.48. The third kappa shape index (κ3) is 3.85. The van der Waals surface area contributed by atoms with Crippen molar-refractivity contribution in [3.63, 3.8) is 0 Å². The fourth-order valence-electron chi connectivity index (χ4n) is 5.82. The number of aromatic amines is 1. The van der Waals surface area contributed by atoms with E-state index < -0.39 is 5.54 Å². The quantitative estimate of drug-likeness (QED) is 0.523. The highest BCUT2D eigenvalue weighted by Gasteiger charge is 2.58. The van der Waals surface area contributed by atoms with Crippen LogP contribution in [-0.4, -0.2) is 62.8 Å². The zero-order valence-corrected chi connectivity index (χ0v) is 21.4. The van der Waals surface area contributed by atoms with Gasteiger partial charge in [-0.2, -0.15) is 5.10 Å².